The lowest BCUT2D eigenvalue weighted by Crippen LogP contribution is -2.27. The van der Waals surface area contributed by atoms with E-state index in [9.17, 15) is 13.6 Å². The van der Waals surface area contributed by atoms with E-state index in [4.69, 9.17) is 10.7 Å². The number of benzene rings is 3. The van der Waals surface area contributed by atoms with Crippen LogP contribution >= 0.6 is 15.9 Å². The molecule has 7 heteroatoms. The van der Waals surface area contributed by atoms with Gasteiger partial charge in [0.25, 0.3) is 5.56 Å². The van der Waals surface area contributed by atoms with Gasteiger partial charge in [0, 0.05) is 23.0 Å². The summed E-state index contributed by atoms with van der Waals surface area (Å²) in [5.41, 5.74) is 8.88. The summed E-state index contributed by atoms with van der Waals surface area (Å²) in [6.07, 6.45) is 2.51. The molecule has 5 rings (SSSR count). The van der Waals surface area contributed by atoms with Gasteiger partial charge in [-0.15, -0.1) is 0 Å². The fourth-order valence-corrected chi connectivity index (χ4v) is 4.37. The zero-order valence-electron chi connectivity index (χ0n) is 17.1. The molecule has 4 nitrogen and oxygen atoms in total. The molecule has 0 aliphatic heterocycles. The fourth-order valence-electron chi connectivity index (χ4n) is 4.02. The van der Waals surface area contributed by atoms with Crippen molar-refractivity contribution in [2.75, 3.05) is 0 Å². The van der Waals surface area contributed by atoms with Crippen molar-refractivity contribution >= 4 is 26.8 Å². The Morgan fingerprint density at radius 1 is 1.03 bits per heavy atom. The number of nitrogens with two attached hydrogens (primary N) is 1. The molecule has 0 saturated heterocycles. The first kappa shape index (κ1) is 21.0. The summed E-state index contributed by atoms with van der Waals surface area (Å²) >= 11 is 3.42. The predicted octanol–water partition coefficient (Wildman–Crippen LogP) is 5.55. The number of hydrogen-bond acceptors (Lipinski definition) is 3. The fraction of sp³-hybridized carbons (Fsp3) is 0.200. The third-order valence-corrected chi connectivity index (χ3v) is 6.31. The molecule has 1 aliphatic rings. The minimum Gasteiger partial charge on any atom is -0.324 e. The topological polar surface area (TPSA) is 60.9 Å². The van der Waals surface area contributed by atoms with Gasteiger partial charge in [-0.25, -0.2) is 13.8 Å². The molecule has 1 atom stereocenters. The highest BCUT2D eigenvalue weighted by molar-refractivity contribution is 9.10. The van der Waals surface area contributed by atoms with E-state index >= 15 is 0 Å². The molecule has 32 heavy (non-hydrogen) atoms. The van der Waals surface area contributed by atoms with Crippen LogP contribution in [-0.4, -0.2) is 9.55 Å². The van der Waals surface area contributed by atoms with Crippen LogP contribution in [0.15, 0.2) is 69.9 Å². The molecule has 0 amide bonds. The molecule has 0 radical (unpaired) electrons. The SMILES string of the molecule is N[C@@H](Cc1nc2cc(Br)ccc2c(=O)n1-c1ccc(C2CC2)cc1)c1cc(F)cc(F)c1. The van der Waals surface area contributed by atoms with Crippen molar-refractivity contribution in [2.24, 2.45) is 5.73 Å². The van der Waals surface area contributed by atoms with Crippen LogP contribution in [0.4, 0.5) is 8.78 Å². The molecule has 1 heterocycles. The van der Waals surface area contributed by atoms with Crippen molar-refractivity contribution in [3.8, 4) is 5.69 Å². The van der Waals surface area contributed by atoms with Gasteiger partial charge in [0.1, 0.15) is 17.5 Å². The molecule has 2 N–H and O–H groups in total. The van der Waals surface area contributed by atoms with Gasteiger partial charge in [0.2, 0.25) is 0 Å². The van der Waals surface area contributed by atoms with Gasteiger partial charge in [-0.2, -0.15) is 0 Å². The second-order valence-electron chi connectivity index (χ2n) is 8.21. The van der Waals surface area contributed by atoms with E-state index in [0.29, 0.717) is 33.9 Å². The van der Waals surface area contributed by atoms with Gasteiger partial charge < -0.3 is 5.73 Å². The number of fused-ring (bicyclic) bond motifs is 1. The lowest BCUT2D eigenvalue weighted by Gasteiger charge is -2.18. The van der Waals surface area contributed by atoms with Crippen LogP contribution < -0.4 is 11.3 Å². The van der Waals surface area contributed by atoms with Crippen molar-refractivity contribution in [2.45, 2.75) is 31.2 Å². The molecule has 4 aromatic rings. The van der Waals surface area contributed by atoms with E-state index in [1.54, 1.807) is 22.8 Å². The van der Waals surface area contributed by atoms with Gasteiger partial charge >= 0.3 is 0 Å². The molecular formula is C25H20BrF2N3O. The lowest BCUT2D eigenvalue weighted by atomic mass is 10.0. The molecular weight excluding hydrogens is 476 g/mol. The number of halogens is 3. The van der Waals surface area contributed by atoms with Gasteiger partial charge in [0.15, 0.2) is 0 Å². The molecule has 3 aromatic carbocycles. The number of nitrogens with zero attached hydrogens (tertiary/aromatic N) is 2. The van der Waals surface area contributed by atoms with Gasteiger partial charge in [-0.3, -0.25) is 9.36 Å². The number of hydrogen-bond donors (Lipinski definition) is 1. The highest BCUT2D eigenvalue weighted by Crippen LogP contribution is 2.40. The average molecular weight is 496 g/mol. The third-order valence-electron chi connectivity index (χ3n) is 5.82. The molecule has 1 aliphatic carbocycles. The van der Waals surface area contributed by atoms with E-state index in [1.165, 1.54) is 30.5 Å². The number of rotatable bonds is 5. The van der Waals surface area contributed by atoms with Crippen molar-refractivity contribution in [3.63, 3.8) is 0 Å². The summed E-state index contributed by atoms with van der Waals surface area (Å²) in [4.78, 5) is 18.2. The molecule has 0 bridgehead atoms. The van der Waals surface area contributed by atoms with Crippen LogP contribution in [0.3, 0.4) is 0 Å². The Morgan fingerprint density at radius 2 is 1.72 bits per heavy atom. The van der Waals surface area contributed by atoms with Crippen LogP contribution in [0.25, 0.3) is 16.6 Å². The maximum absolute atomic E-state index is 13.7. The smallest absolute Gasteiger partial charge is 0.265 e. The van der Waals surface area contributed by atoms with E-state index in [1.807, 2.05) is 24.3 Å². The van der Waals surface area contributed by atoms with Crippen molar-refractivity contribution in [1.82, 2.24) is 9.55 Å². The maximum Gasteiger partial charge on any atom is 0.265 e. The largest absolute Gasteiger partial charge is 0.324 e. The Hall–Kier alpha value is -2.90. The lowest BCUT2D eigenvalue weighted by molar-refractivity contribution is 0.570. The minimum atomic E-state index is -0.742. The van der Waals surface area contributed by atoms with E-state index in [2.05, 4.69) is 15.9 Å². The van der Waals surface area contributed by atoms with Crippen molar-refractivity contribution < 1.29 is 8.78 Å². The minimum absolute atomic E-state index is 0.130. The molecule has 1 aromatic heterocycles. The molecule has 0 spiro atoms. The van der Waals surface area contributed by atoms with Crippen LogP contribution in [0.1, 0.15) is 41.8 Å². The second-order valence-corrected chi connectivity index (χ2v) is 9.12. The standard InChI is InChI=1S/C25H20BrF2N3O/c26-17-5-8-21-23(11-17)30-24(13-22(29)16-9-18(27)12-19(28)10-16)31(25(21)32)20-6-3-15(4-7-20)14-1-2-14/h3-12,14,22H,1-2,13,29H2/t22-/m0/s1. The molecule has 1 saturated carbocycles. The number of aromatic nitrogens is 2. The Balaban J connectivity index is 1.63. The van der Waals surface area contributed by atoms with Crippen LogP contribution in [0.2, 0.25) is 0 Å². The summed E-state index contributed by atoms with van der Waals surface area (Å²) in [5, 5.41) is 0.480. The average Bonchev–Trinajstić information content (AvgIpc) is 3.59. The van der Waals surface area contributed by atoms with Crippen molar-refractivity contribution in [1.29, 1.82) is 0 Å². The van der Waals surface area contributed by atoms with Gasteiger partial charge in [0.05, 0.1) is 16.6 Å². The van der Waals surface area contributed by atoms with Crippen LogP contribution in [0, 0.1) is 11.6 Å². The highest BCUT2D eigenvalue weighted by Gasteiger charge is 2.23. The highest BCUT2D eigenvalue weighted by atomic mass is 79.9. The van der Waals surface area contributed by atoms with E-state index in [0.717, 1.165) is 10.5 Å². The summed E-state index contributed by atoms with van der Waals surface area (Å²) in [6.45, 7) is 0. The second kappa shape index (κ2) is 8.22. The first-order valence-corrected chi connectivity index (χ1v) is 11.2. The Bertz CT molecular complexity index is 1360. The maximum atomic E-state index is 13.7. The van der Waals surface area contributed by atoms with Crippen molar-refractivity contribution in [3.05, 3.63) is 104 Å². The Kier molecular flexibility index (Phi) is 5.39. The summed E-state index contributed by atoms with van der Waals surface area (Å²) < 4.78 is 29.8. The first-order valence-electron chi connectivity index (χ1n) is 10.4. The zero-order valence-corrected chi connectivity index (χ0v) is 18.6. The predicted molar refractivity (Wildman–Crippen MR) is 124 cm³/mol. The van der Waals surface area contributed by atoms with E-state index < -0.39 is 17.7 Å². The molecule has 1 fully saturated rings. The summed E-state index contributed by atoms with van der Waals surface area (Å²) in [5.74, 6) is -0.363. The monoisotopic (exact) mass is 495 g/mol. The van der Waals surface area contributed by atoms with Crippen LogP contribution in [0.5, 0.6) is 0 Å². The van der Waals surface area contributed by atoms with Gasteiger partial charge in [-0.05, 0) is 72.4 Å². The van der Waals surface area contributed by atoms with Crippen LogP contribution in [-0.2, 0) is 6.42 Å². The third kappa shape index (κ3) is 4.10. The first-order chi connectivity index (χ1) is 15.4. The molecule has 0 unspecified atom stereocenters. The Morgan fingerprint density at radius 3 is 2.38 bits per heavy atom. The normalized spacial score (nSPS) is 14.6. The zero-order chi connectivity index (χ0) is 22.4. The van der Waals surface area contributed by atoms with E-state index in [-0.39, 0.29) is 12.0 Å². The Labute approximate surface area is 191 Å². The quantitative estimate of drug-likeness (QED) is 0.395. The molecule has 162 valence electrons. The summed E-state index contributed by atoms with van der Waals surface area (Å²) in [6, 6.07) is 15.7. The summed E-state index contributed by atoms with van der Waals surface area (Å²) in [7, 11) is 0. The van der Waals surface area contributed by atoms with Gasteiger partial charge in [-0.1, -0.05) is 28.1 Å².